The van der Waals surface area contributed by atoms with E-state index in [1.807, 2.05) is 0 Å². The highest BCUT2D eigenvalue weighted by Crippen LogP contribution is 2.26. The van der Waals surface area contributed by atoms with E-state index in [1.54, 1.807) is 43.5 Å². The topological polar surface area (TPSA) is 81.2 Å². The van der Waals surface area contributed by atoms with Crippen LogP contribution in [0.4, 0.5) is 5.82 Å². The third-order valence-corrected chi connectivity index (χ3v) is 2.75. The summed E-state index contributed by atoms with van der Waals surface area (Å²) in [4.78, 5) is 16.4. The van der Waals surface area contributed by atoms with Gasteiger partial charge in [-0.2, -0.15) is 0 Å². The van der Waals surface area contributed by atoms with Gasteiger partial charge in [0.25, 0.3) is 5.91 Å². The van der Waals surface area contributed by atoms with E-state index in [1.165, 1.54) is 6.26 Å². The molecule has 1 amide bonds. The number of anilines is 1. The number of hydrogen-bond acceptors (Lipinski definition) is 5. The zero-order valence-corrected chi connectivity index (χ0v) is 10.7. The van der Waals surface area contributed by atoms with Gasteiger partial charge in [-0.25, -0.2) is 4.98 Å². The van der Waals surface area contributed by atoms with Gasteiger partial charge in [-0.1, -0.05) is 11.2 Å². The Kier molecular flexibility index (Phi) is 3.04. The summed E-state index contributed by atoms with van der Waals surface area (Å²) >= 11 is 0. The maximum absolute atomic E-state index is 12.3. The van der Waals surface area contributed by atoms with Crippen molar-refractivity contribution in [3.05, 3.63) is 54.1 Å². The van der Waals surface area contributed by atoms with Crippen molar-refractivity contribution in [3.63, 3.8) is 0 Å². The van der Waals surface area contributed by atoms with Crippen LogP contribution in [-0.4, -0.2) is 16.0 Å². The minimum atomic E-state index is -0.339. The Morgan fingerprint density at radius 2 is 2.15 bits per heavy atom. The lowest BCUT2D eigenvalue weighted by Crippen LogP contribution is -2.14. The van der Waals surface area contributed by atoms with Crippen molar-refractivity contribution in [1.82, 2.24) is 10.1 Å². The molecule has 0 saturated carbocycles. The van der Waals surface area contributed by atoms with E-state index < -0.39 is 0 Å². The summed E-state index contributed by atoms with van der Waals surface area (Å²) in [6.07, 6.45) is 3.11. The van der Waals surface area contributed by atoms with Gasteiger partial charge in [-0.15, -0.1) is 0 Å². The molecule has 0 spiro atoms. The van der Waals surface area contributed by atoms with Gasteiger partial charge in [0.15, 0.2) is 11.5 Å². The van der Waals surface area contributed by atoms with Crippen molar-refractivity contribution in [2.75, 3.05) is 5.32 Å². The fraction of sp³-hybridized carbons (Fsp3) is 0.0714. The number of aromatic nitrogens is 2. The fourth-order valence-electron chi connectivity index (χ4n) is 1.84. The van der Waals surface area contributed by atoms with Crippen LogP contribution in [0, 0.1) is 6.92 Å². The number of amides is 1. The third kappa shape index (κ3) is 2.18. The van der Waals surface area contributed by atoms with Gasteiger partial charge < -0.3 is 14.3 Å². The number of nitrogens with zero attached hydrogens (tertiary/aromatic N) is 2. The van der Waals surface area contributed by atoms with Crippen molar-refractivity contribution >= 4 is 11.7 Å². The van der Waals surface area contributed by atoms with Crippen LogP contribution in [0.2, 0.25) is 0 Å². The summed E-state index contributed by atoms with van der Waals surface area (Å²) in [5, 5.41) is 6.57. The van der Waals surface area contributed by atoms with Crippen LogP contribution in [0.1, 0.15) is 16.1 Å². The first kappa shape index (κ1) is 12.2. The van der Waals surface area contributed by atoms with Gasteiger partial charge in [0.05, 0.1) is 6.26 Å². The highest BCUT2D eigenvalue weighted by molar-refractivity contribution is 6.08. The number of pyridine rings is 1. The first-order chi connectivity index (χ1) is 9.75. The zero-order valence-electron chi connectivity index (χ0n) is 10.7. The lowest BCUT2D eigenvalue weighted by Gasteiger charge is -2.03. The molecule has 0 unspecified atom stereocenters. The first-order valence-electron chi connectivity index (χ1n) is 5.98. The van der Waals surface area contributed by atoms with Crippen LogP contribution in [-0.2, 0) is 0 Å². The quantitative estimate of drug-likeness (QED) is 0.790. The van der Waals surface area contributed by atoms with E-state index in [0.29, 0.717) is 28.6 Å². The Bertz CT molecular complexity index is 717. The van der Waals surface area contributed by atoms with Crippen LogP contribution in [0.3, 0.4) is 0 Å². The summed E-state index contributed by atoms with van der Waals surface area (Å²) in [5.74, 6) is 1.02. The fourth-order valence-corrected chi connectivity index (χ4v) is 1.84. The van der Waals surface area contributed by atoms with E-state index in [0.717, 1.165) is 0 Å². The van der Waals surface area contributed by atoms with Crippen molar-refractivity contribution in [1.29, 1.82) is 0 Å². The minimum Gasteiger partial charge on any atom is -0.463 e. The number of hydrogen-bond donors (Lipinski definition) is 1. The van der Waals surface area contributed by atoms with Gasteiger partial charge in [0.2, 0.25) is 0 Å². The molecule has 6 nitrogen and oxygen atoms in total. The lowest BCUT2D eigenvalue weighted by molar-refractivity contribution is 0.102. The maximum atomic E-state index is 12.3. The number of nitrogens with one attached hydrogen (secondary N) is 1. The van der Waals surface area contributed by atoms with E-state index in [4.69, 9.17) is 8.94 Å². The highest BCUT2D eigenvalue weighted by atomic mass is 16.5. The smallest absolute Gasteiger partial charge is 0.262 e. The minimum absolute atomic E-state index is 0.339. The summed E-state index contributed by atoms with van der Waals surface area (Å²) in [5.41, 5.74) is 0.714. The summed E-state index contributed by atoms with van der Waals surface area (Å²) in [7, 11) is 0. The Morgan fingerprint density at radius 3 is 2.85 bits per heavy atom. The molecule has 0 saturated heterocycles. The van der Waals surface area contributed by atoms with Crippen molar-refractivity contribution in [2.24, 2.45) is 0 Å². The molecule has 3 heterocycles. The normalized spacial score (nSPS) is 10.4. The lowest BCUT2D eigenvalue weighted by atomic mass is 10.1. The molecule has 0 radical (unpaired) electrons. The second-order valence-corrected chi connectivity index (χ2v) is 4.11. The maximum Gasteiger partial charge on any atom is 0.262 e. The summed E-state index contributed by atoms with van der Waals surface area (Å²) < 4.78 is 10.3. The third-order valence-electron chi connectivity index (χ3n) is 2.75. The Morgan fingerprint density at radius 1 is 1.25 bits per heavy atom. The molecular formula is C14H11N3O3. The molecule has 0 aromatic carbocycles. The molecule has 20 heavy (non-hydrogen) atoms. The van der Waals surface area contributed by atoms with E-state index >= 15 is 0 Å². The second-order valence-electron chi connectivity index (χ2n) is 4.11. The van der Waals surface area contributed by atoms with Gasteiger partial charge in [-0.3, -0.25) is 4.79 Å². The Labute approximate surface area is 114 Å². The average Bonchev–Trinajstić information content (AvgIpc) is 3.08. The number of carbonyl (C=O) groups excluding carboxylic acids is 1. The van der Waals surface area contributed by atoms with Crippen LogP contribution >= 0.6 is 0 Å². The van der Waals surface area contributed by atoms with Crippen LogP contribution in [0.5, 0.6) is 0 Å². The van der Waals surface area contributed by atoms with Gasteiger partial charge >= 0.3 is 0 Å². The number of furan rings is 1. The molecule has 100 valence electrons. The average molecular weight is 269 g/mol. The SMILES string of the molecule is Cc1onc(-c2ccco2)c1C(=O)Nc1ccccn1. The predicted molar refractivity (Wildman–Crippen MR) is 71.1 cm³/mol. The van der Waals surface area contributed by atoms with Gasteiger partial charge in [0, 0.05) is 6.20 Å². The molecule has 0 bridgehead atoms. The zero-order chi connectivity index (χ0) is 13.9. The van der Waals surface area contributed by atoms with E-state index in [-0.39, 0.29) is 5.91 Å². The molecule has 0 atom stereocenters. The van der Waals surface area contributed by atoms with Crippen LogP contribution in [0.25, 0.3) is 11.5 Å². The van der Waals surface area contributed by atoms with Gasteiger partial charge in [-0.05, 0) is 31.2 Å². The summed E-state index contributed by atoms with van der Waals surface area (Å²) in [6, 6.07) is 8.70. The molecule has 0 fully saturated rings. The number of carbonyl (C=O) groups is 1. The van der Waals surface area contributed by atoms with Gasteiger partial charge in [0.1, 0.15) is 17.1 Å². The van der Waals surface area contributed by atoms with Crippen molar-refractivity contribution in [2.45, 2.75) is 6.92 Å². The van der Waals surface area contributed by atoms with E-state index in [2.05, 4.69) is 15.5 Å². The molecule has 3 aromatic rings. The molecule has 6 heteroatoms. The highest BCUT2D eigenvalue weighted by Gasteiger charge is 2.23. The number of aryl methyl sites for hydroxylation is 1. The molecule has 0 aliphatic heterocycles. The molecule has 0 aliphatic carbocycles. The molecule has 1 N–H and O–H groups in total. The standard InChI is InChI=1S/C14H11N3O3/c1-9-12(13(17-20-9)10-5-4-8-19-10)14(18)16-11-6-2-3-7-15-11/h2-8H,1H3,(H,15,16,18). The second kappa shape index (κ2) is 5.00. The largest absolute Gasteiger partial charge is 0.463 e. The van der Waals surface area contributed by atoms with Crippen LogP contribution < -0.4 is 5.32 Å². The van der Waals surface area contributed by atoms with Crippen LogP contribution in [0.15, 0.2) is 51.7 Å². The molecule has 0 aliphatic rings. The Hall–Kier alpha value is -2.89. The van der Waals surface area contributed by atoms with Crippen molar-refractivity contribution < 1.29 is 13.7 Å². The summed E-state index contributed by atoms with van der Waals surface area (Å²) in [6.45, 7) is 1.67. The van der Waals surface area contributed by atoms with E-state index in [9.17, 15) is 4.79 Å². The molecule has 3 rings (SSSR count). The monoisotopic (exact) mass is 269 g/mol. The Balaban J connectivity index is 1.94. The molecular weight excluding hydrogens is 258 g/mol. The first-order valence-corrected chi connectivity index (χ1v) is 5.98. The number of rotatable bonds is 3. The van der Waals surface area contributed by atoms with Crippen molar-refractivity contribution in [3.8, 4) is 11.5 Å². The molecule has 3 aromatic heterocycles. The predicted octanol–water partition coefficient (Wildman–Crippen LogP) is 2.89.